The molecule has 2 aromatic carbocycles. The van der Waals surface area contributed by atoms with Crippen molar-refractivity contribution in [3.05, 3.63) is 74.2 Å². The highest BCUT2D eigenvalue weighted by Gasteiger charge is 2.33. The number of hydrogen-bond acceptors (Lipinski definition) is 4. The van der Waals surface area contributed by atoms with Gasteiger partial charge in [-0.3, -0.25) is 4.79 Å². The number of thiol groups is 1. The molecule has 1 atom stereocenters. The smallest absolute Gasteiger partial charge is 0.266 e. The first kappa shape index (κ1) is 16.9. The third kappa shape index (κ3) is 3.16. The van der Waals surface area contributed by atoms with E-state index in [0.717, 1.165) is 15.7 Å². The topological polar surface area (TPSA) is 56.1 Å². The van der Waals surface area contributed by atoms with Gasteiger partial charge in [0.15, 0.2) is 0 Å². The van der Waals surface area contributed by atoms with Gasteiger partial charge in [-0.2, -0.15) is 5.26 Å². The quantitative estimate of drug-likeness (QED) is 0.708. The number of halogens is 2. The average Bonchev–Trinajstić information content (AvgIpc) is 2.56. The molecule has 0 fully saturated rings. The van der Waals surface area contributed by atoms with Gasteiger partial charge in [-0.05, 0) is 42.0 Å². The summed E-state index contributed by atoms with van der Waals surface area (Å²) < 4.78 is 0.890. The molecule has 4 nitrogen and oxygen atoms in total. The summed E-state index contributed by atoms with van der Waals surface area (Å²) >= 11 is 13.8. The predicted molar refractivity (Wildman–Crippen MR) is 101 cm³/mol. The summed E-state index contributed by atoms with van der Waals surface area (Å²) in [5.74, 6) is -0.447. The number of carbonyl (C=O) groups excluding carboxylic acids is 1. The van der Waals surface area contributed by atoms with Crippen molar-refractivity contribution >= 4 is 51.8 Å². The summed E-state index contributed by atoms with van der Waals surface area (Å²) in [7, 11) is 0. The Morgan fingerprint density at radius 1 is 1.25 bits per heavy atom. The van der Waals surface area contributed by atoms with Gasteiger partial charge in [0.05, 0.1) is 5.03 Å². The van der Waals surface area contributed by atoms with Crippen LogP contribution < -0.4 is 10.2 Å². The Morgan fingerprint density at radius 2 is 1.96 bits per heavy atom. The second-order valence-corrected chi connectivity index (χ2v) is 6.86. The van der Waals surface area contributed by atoms with Gasteiger partial charge in [-0.1, -0.05) is 39.7 Å². The van der Waals surface area contributed by atoms with Crippen molar-refractivity contribution in [1.29, 1.82) is 5.26 Å². The van der Waals surface area contributed by atoms with Crippen LogP contribution in [-0.2, 0) is 4.79 Å². The van der Waals surface area contributed by atoms with Crippen LogP contribution in [-0.4, -0.2) is 5.91 Å². The zero-order chi connectivity index (χ0) is 17.3. The summed E-state index contributed by atoms with van der Waals surface area (Å²) in [5, 5.41) is 13.0. The Balaban J connectivity index is 2.16. The fourth-order valence-electron chi connectivity index (χ4n) is 2.49. The second-order valence-electron chi connectivity index (χ2n) is 5.09. The lowest BCUT2D eigenvalue weighted by molar-refractivity contribution is -0.118. The lowest BCUT2D eigenvalue weighted by Gasteiger charge is -2.38. The molecule has 0 aromatic heterocycles. The lowest BCUT2D eigenvalue weighted by atomic mass is 10.1. The first-order valence-corrected chi connectivity index (χ1v) is 8.57. The summed E-state index contributed by atoms with van der Waals surface area (Å²) in [4.78, 5) is 14.0. The summed E-state index contributed by atoms with van der Waals surface area (Å²) in [6.45, 7) is 0. The molecule has 0 spiro atoms. The Kier molecular flexibility index (Phi) is 4.86. The summed E-state index contributed by atoms with van der Waals surface area (Å²) in [6.07, 6.45) is -0.485. The predicted octanol–water partition coefficient (Wildman–Crippen LogP) is 4.40. The molecule has 0 saturated carbocycles. The van der Waals surface area contributed by atoms with Gasteiger partial charge >= 0.3 is 0 Å². The minimum Gasteiger partial charge on any atom is -0.327 e. The molecule has 0 bridgehead atoms. The van der Waals surface area contributed by atoms with Gasteiger partial charge in [-0.15, -0.1) is 12.6 Å². The molecule has 7 heteroatoms. The van der Waals surface area contributed by atoms with Crippen molar-refractivity contribution in [1.82, 2.24) is 5.32 Å². The zero-order valence-electron chi connectivity index (χ0n) is 12.2. The number of nitrogens with one attached hydrogen (secondary N) is 1. The highest BCUT2D eigenvalue weighted by atomic mass is 79.9. The van der Waals surface area contributed by atoms with Gasteiger partial charge in [0.25, 0.3) is 5.91 Å². The number of hydrogen-bond donors (Lipinski definition) is 2. The van der Waals surface area contributed by atoms with Crippen molar-refractivity contribution in [2.75, 3.05) is 4.90 Å². The fourth-order valence-corrected chi connectivity index (χ4v) is 3.41. The van der Waals surface area contributed by atoms with Gasteiger partial charge in [-0.25, -0.2) is 0 Å². The molecule has 120 valence electrons. The van der Waals surface area contributed by atoms with Crippen LogP contribution in [0.25, 0.3) is 0 Å². The van der Waals surface area contributed by atoms with Crippen LogP contribution in [0.1, 0.15) is 11.7 Å². The van der Waals surface area contributed by atoms with Crippen molar-refractivity contribution < 1.29 is 4.79 Å². The van der Waals surface area contributed by atoms with E-state index in [-0.39, 0.29) is 5.57 Å². The molecule has 1 unspecified atom stereocenters. The Labute approximate surface area is 158 Å². The molecule has 24 heavy (non-hydrogen) atoms. The van der Waals surface area contributed by atoms with E-state index in [9.17, 15) is 10.1 Å². The monoisotopic (exact) mass is 419 g/mol. The molecular formula is C17H11BrClN3OS. The first-order valence-electron chi connectivity index (χ1n) is 6.95. The van der Waals surface area contributed by atoms with E-state index >= 15 is 0 Å². The highest BCUT2D eigenvalue weighted by Crippen LogP contribution is 2.36. The molecule has 1 amide bonds. The van der Waals surface area contributed by atoms with Gasteiger partial charge in [0.1, 0.15) is 17.8 Å². The van der Waals surface area contributed by atoms with Crippen molar-refractivity contribution in [2.45, 2.75) is 6.17 Å². The fraction of sp³-hybridized carbons (Fsp3) is 0.0588. The van der Waals surface area contributed by atoms with Crippen molar-refractivity contribution in [2.24, 2.45) is 0 Å². The minimum atomic E-state index is -0.485. The summed E-state index contributed by atoms with van der Waals surface area (Å²) in [6, 6.07) is 16.6. The van der Waals surface area contributed by atoms with Crippen LogP contribution in [0.3, 0.4) is 0 Å². The lowest BCUT2D eigenvalue weighted by Crippen LogP contribution is -2.46. The van der Waals surface area contributed by atoms with E-state index in [0.29, 0.717) is 10.1 Å². The van der Waals surface area contributed by atoms with Gasteiger partial charge in [0.2, 0.25) is 0 Å². The second kappa shape index (κ2) is 6.89. The summed E-state index contributed by atoms with van der Waals surface area (Å²) in [5.41, 5.74) is 1.60. The van der Waals surface area contributed by atoms with Gasteiger partial charge in [0, 0.05) is 15.2 Å². The Morgan fingerprint density at radius 3 is 2.58 bits per heavy atom. The molecule has 1 aliphatic rings. The van der Waals surface area contributed by atoms with Crippen LogP contribution in [0.15, 0.2) is 63.6 Å². The number of carbonyl (C=O) groups is 1. The maximum absolute atomic E-state index is 12.2. The van der Waals surface area contributed by atoms with Crippen LogP contribution in [0.2, 0.25) is 5.02 Å². The maximum atomic E-state index is 12.2. The molecule has 0 radical (unpaired) electrons. The van der Waals surface area contributed by atoms with Crippen molar-refractivity contribution in [3.8, 4) is 6.07 Å². The average molecular weight is 421 g/mol. The van der Waals surface area contributed by atoms with Crippen LogP contribution >= 0.6 is 40.2 Å². The third-order valence-electron chi connectivity index (χ3n) is 3.59. The maximum Gasteiger partial charge on any atom is 0.266 e. The SMILES string of the molecule is N#CC1=C(S)N(c2ccc(Cl)cc2)C(c2cccc(Br)c2)NC1=O. The first-order chi connectivity index (χ1) is 11.5. The standard InChI is InChI=1S/C17H11BrClN3OS/c18-11-3-1-2-10(8-11)15-21-16(23)14(9-20)17(24)22(15)13-6-4-12(19)5-7-13/h1-8,15,24H,(H,21,23). The highest BCUT2D eigenvalue weighted by molar-refractivity contribution is 9.10. The number of amides is 1. The molecule has 0 aliphatic carbocycles. The van der Waals surface area contributed by atoms with Gasteiger partial charge < -0.3 is 10.2 Å². The molecule has 0 saturated heterocycles. The van der Waals surface area contributed by atoms with Crippen LogP contribution in [0, 0.1) is 11.3 Å². The Bertz CT molecular complexity index is 876. The van der Waals surface area contributed by atoms with Crippen LogP contribution in [0.4, 0.5) is 5.69 Å². The molecule has 2 aromatic rings. The number of nitrogens with zero attached hydrogens (tertiary/aromatic N) is 2. The third-order valence-corrected chi connectivity index (χ3v) is 4.77. The number of rotatable bonds is 2. The van der Waals surface area contributed by atoms with E-state index in [4.69, 9.17) is 11.6 Å². The molecule has 3 rings (SSSR count). The van der Waals surface area contributed by atoms with E-state index in [1.54, 1.807) is 17.0 Å². The van der Waals surface area contributed by atoms with E-state index in [1.807, 2.05) is 42.5 Å². The Hall–Kier alpha value is -1.94. The normalized spacial score (nSPS) is 17.5. The number of nitriles is 1. The zero-order valence-corrected chi connectivity index (χ0v) is 15.4. The van der Waals surface area contributed by atoms with Crippen molar-refractivity contribution in [3.63, 3.8) is 0 Å². The van der Waals surface area contributed by atoms with E-state index < -0.39 is 12.1 Å². The molecular weight excluding hydrogens is 410 g/mol. The van der Waals surface area contributed by atoms with E-state index in [2.05, 4.69) is 33.9 Å². The molecule has 1 heterocycles. The van der Waals surface area contributed by atoms with E-state index in [1.165, 1.54) is 0 Å². The minimum absolute atomic E-state index is 0.0282. The largest absolute Gasteiger partial charge is 0.327 e. The van der Waals surface area contributed by atoms with Crippen LogP contribution in [0.5, 0.6) is 0 Å². The molecule has 1 N–H and O–H groups in total. The number of anilines is 1. The molecule has 1 aliphatic heterocycles. The number of benzene rings is 2.